The van der Waals surface area contributed by atoms with E-state index >= 15 is 0 Å². The van der Waals surface area contributed by atoms with Crippen molar-refractivity contribution in [2.24, 2.45) is 7.05 Å². The van der Waals surface area contributed by atoms with Crippen LogP contribution in [0.15, 0.2) is 42.4 Å². The van der Waals surface area contributed by atoms with Crippen molar-refractivity contribution < 1.29 is 4.74 Å². The van der Waals surface area contributed by atoms with Crippen LogP contribution in [0.1, 0.15) is 0 Å². The lowest BCUT2D eigenvalue weighted by atomic mass is 10.1. The fourth-order valence-corrected chi connectivity index (χ4v) is 3.06. The van der Waals surface area contributed by atoms with Crippen LogP contribution in [0.3, 0.4) is 0 Å². The lowest BCUT2D eigenvalue weighted by Gasteiger charge is -2.01. The third kappa shape index (κ3) is 2.52. The maximum Gasteiger partial charge on any atom is 0.183 e. The van der Waals surface area contributed by atoms with Gasteiger partial charge in [-0.3, -0.25) is 0 Å². The fraction of sp³-hybridized carbons (Fsp3) is 0.188. The average molecular weight is 299 g/mol. The summed E-state index contributed by atoms with van der Waals surface area (Å²) >= 11 is 1.60. The molecule has 3 rings (SSSR count). The van der Waals surface area contributed by atoms with Gasteiger partial charge in [-0.1, -0.05) is 6.08 Å². The number of nitrogens with zero attached hydrogens (tertiary/aromatic N) is 2. The second kappa shape index (κ2) is 5.61. The smallest absolute Gasteiger partial charge is 0.183 e. The number of anilines is 1. The Labute approximate surface area is 127 Å². The molecule has 2 heterocycles. The Bertz CT molecular complexity index is 788. The minimum absolute atomic E-state index is 0.719. The monoisotopic (exact) mass is 299 g/mol. The molecule has 2 aromatic heterocycles. The number of fused-ring (bicyclic) bond motifs is 1. The van der Waals surface area contributed by atoms with Crippen LogP contribution in [-0.2, 0) is 7.05 Å². The van der Waals surface area contributed by atoms with E-state index in [0.29, 0.717) is 0 Å². The summed E-state index contributed by atoms with van der Waals surface area (Å²) < 4.78 is 7.44. The van der Waals surface area contributed by atoms with Gasteiger partial charge in [0.1, 0.15) is 5.75 Å². The van der Waals surface area contributed by atoms with Gasteiger partial charge in [0, 0.05) is 41.6 Å². The summed E-state index contributed by atoms with van der Waals surface area (Å²) in [5.41, 5.74) is 3.26. The van der Waals surface area contributed by atoms with Crippen molar-refractivity contribution in [1.82, 2.24) is 9.55 Å². The van der Waals surface area contributed by atoms with E-state index in [-0.39, 0.29) is 0 Å². The van der Waals surface area contributed by atoms with Gasteiger partial charge in [-0.25, -0.2) is 4.98 Å². The van der Waals surface area contributed by atoms with E-state index in [2.05, 4.69) is 45.2 Å². The third-order valence-corrected chi connectivity index (χ3v) is 4.17. The molecule has 0 spiro atoms. The van der Waals surface area contributed by atoms with Gasteiger partial charge >= 0.3 is 0 Å². The molecule has 0 saturated carbocycles. The molecule has 21 heavy (non-hydrogen) atoms. The molecule has 0 aliphatic carbocycles. The molecule has 0 saturated heterocycles. The maximum absolute atomic E-state index is 5.33. The quantitative estimate of drug-likeness (QED) is 0.726. The Morgan fingerprint density at radius 3 is 3.10 bits per heavy atom. The fourth-order valence-electron chi connectivity index (χ4n) is 2.34. The molecule has 0 unspecified atom stereocenters. The highest BCUT2D eigenvalue weighted by atomic mass is 32.1. The maximum atomic E-state index is 5.33. The largest absolute Gasteiger partial charge is 0.497 e. The second-order valence-electron chi connectivity index (χ2n) is 4.74. The van der Waals surface area contributed by atoms with Gasteiger partial charge in [0.25, 0.3) is 0 Å². The number of methoxy groups -OCH3 is 1. The van der Waals surface area contributed by atoms with Crippen molar-refractivity contribution in [1.29, 1.82) is 0 Å². The highest BCUT2D eigenvalue weighted by molar-refractivity contribution is 7.14. The summed E-state index contributed by atoms with van der Waals surface area (Å²) in [6.07, 6.45) is 3.93. The number of nitrogens with one attached hydrogen (secondary N) is 1. The molecule has 5 heteroatoms. The number of benzene rings is 1. The zero-order chi connectivity index (χ0) is 14.8. The first kappa shape index (κ1) is 13.7. The molecule has 108 valence electrons. The topological polar surface area (TPSA) is 39.1 Å². The van der Waals surface area contributed by atoms with Crippen molar-refractivity contribution in [3.8, 4) is 17.0 Å². The van der Waals surface area contributed by atoms with Crippen molar-refractivity contribution in [2.45, 2.75) is 0 Å². The molecule has 0 aliphatic rings. The van der Waals surface area contributed by atoms with Crippen molar-refractivity contribution in [2.75, 3.05) is 19.0 Å². The van der Waals surface area contributed by atoms with Gasteiger partial charge in [-0.15, -0.1) is 17.9 Å². The highest BCUT2D eigenvalue weighted by Gasteiger charge is 2.12. The number of ether oxygens (including phenoxy) is 1. The molecular formula is C16H17N3OS. The van der Waals surface area contributed by atoms with Crippen LogP contribution in [0.4, 0.5) is 5.13 Å². The summed E-state index contributed by atoms with van der Waals surface area (Å²) in [6, 6.07) is 6.10. The van der Waals surface area contributed by atoms with Gasteiger partial charge in [0.05, 0.1) is 12.8 Å². The van der Waals surface area contributed by atoms with Crippen molar-refractivity contribution in [3.63, 3.8) is 0 Å². The minimum atomic E-state index is 0.719. The number of hydrogen-bond donors (Lipinski definition) is 1. The van der Waals surface area contributed by atoms with Gasteiger partial charge in [0.15, 0.2) is 5.13 Å². The van der Waals surface area contributed by atoms with Crippen LogP contribution in [0.25, 0.3) is 22.2 Å². The Balaban J connectivity index is 2.06. The van der Waals surface area contributed by atoms with Crippen molar-refractivity contribution in [3.05, 3.63) is 42.4 Å². The number of aryl methyl sites for hydroxylation is 1. The second-order valence-corrected chi connectivity index (χ2v) is 5.60. The van der Waals surface area contributed by atoms with Crippen LogP contribution >= 0.6 is 11.3 Å². The molecular weight excluding hydrogens is 282 g/mol. The van der Waals surface area contributed by atoms with Gasteiger partial charge in [-0.2, -0.15) is 0 Å². The zero-order valence-electron chi connectivity index (χ0n) is 12.1. The molecule has 0 aliphatic heterocycles. The van der Waals surface area contributed by atoms with Gasteiger partial charge in [0.2, 0.25) is 0 Å². The average Bonchev–Trinajstić information content (AvgIpc) is 3.09. The van der Waals surface area contributed by atoms with E-state index in [1.807, 2.05) is 19.2 Å². The molecule has 0 bridgehead atoms. The predicted octanol–water partition coefficient (Wildman–Crippen LogP) is 3.91. The van der Waals surface area contributed by atoms with E-state index in [4.69, 9.17) is 4.74 Å². The molecule has 1 N–H and O–H groups in total. The first-order valence-electron chi connectivity index (χ1n) is 6.66. The predicted molar refractivity (Wildman–Crippen MR) is 89.3 cm³/mol. The van der Waals surface area contributed by atoms with Crippen molar-refractivity contribution >= 4 is 27.4 Å². The lowest BCUT2D eigenvalue weighted by Crippen LogP contribution is -1.96. The Morgan fingerprint density at radius 1 is 1.48 bits per heavy atom. The van der Waals surface area contributed by atoms with Gasteiger partial charge in [-0.05, 0) is 18.2 Å². The SMILES string of the molecule is C=CCNc1nc(-c2cn(C)c3ccc(OC)cc23)cs1. The zero-order valence-corrected chi connectivity index (χ0v) is 12.9. The number of hydrogen-bond acceptors (Lipinski definition) is 4. The van der Waals surface area contributed by atoms with Gasteiger partial charge < -0.3 is 14.6 Å². The summed E-state index contributed by atoms with van der Waals surface area (Å²) in [6.45, 7) is 4.42. The van der Waals surface area contributed by atoms with E-state index in [1.165, 1.54) is 5.52 Å². The highest BCUT2D eigenvalue weighted by Crippen LogP contribution is 2.34. The number of rotatable bonds is 5. The van der Waals surface area contributed by atoms with E-state index < -0.39 is 0 Å². The first-order chi connectivity index (χ1) is 10.2. The molecule has 0 atom stereocenters. The molecule has 1 aromatic carbocycles. The molecule has 4 nitrogen and oxygen atoms in total. The summed E-state index contributed by atoms with van der Waals surface area (Å²) in [4.78, 5) is 4.64. The Hall–Kier alpha value is -2.27. The molecule has 0 amide bonds. The standard InChI is InChI=1S/C16H17N3OS/c1-4-7-17-16-18-14(10-21-16)13-9-19(2)15-6-5-11(20-3)8-12(13)15/h4-6,8-10H,1,7H2,2-3H3,(H,17,18). The van der Waals surface area contributed by atoms with E-state index in [9.17, 15) is 0 Å². The van der Waals surface area contributed by atoms with E-state index in [1.54, 1.807) is 18.4 Å². The summed E-state index contributed by atoms with van der Waals surface area (Å²) in [5.74, 6) is 0.857. The van der Waals surface area contributed by atoms with Crippen LogP contribution in [-0.4, -0.2) is 23.2 Å². The minimum Gasteiger partial charge on any atom is -0.497 e. The normalized spacial score (nSPS) is 10.8. The molecule has 0 radical (unpaired) electrons. The molecule has 3 aromatic rings. The lowest BCUT2D eigenvalue weighted by molar-refractivity contribution is 0.415. The van der Waals surface area contributed by atoms with E-state index in [0.717, 1.165) is 34.1 Å². The number of thiazole rings is 1. The Morgan fingerprint density at radius 2 is 2.33 bits per heavy atom. The molecule has 0 fully saturated rings. The van der Waals surface area contributed by atoms with Crippen LogP contribution in [0.2, 0.25) is 0 Å². The third-order valence-electron chi connectivity index (χ3n) is 3.37. The number of aromatic nitrogens is 2. The first-order valence-corrected chi connectivity index (χ1v) is 7.54. The van der Waals surface area contributed by atoms with Crippen LogP contribution < -0.4 is 10.1 Å². The summed E-state index contributed by atoms with van der Waals surface area (Å²) in [7, 11) is 3.73. The summed E-state index contributed by atoms with van der Waals surface area (Å²) in [5, 5.41) is 7.35. The Kier molecular flexibility index (Phi) is 3.66. The van der Waals surface area contributed by atoms with Crippen LogP contribution in [0.5, 0.6) is 5.75 Å². The van der Waals surface area contributed by atoms with Crippen LogP contribution in [0, 0.1) is 0 Å².